The van der Waals surface area contributed by atoms with Crippen molar-refractivity contribution in [3.8, 4) is 0 Å². The number of carbonyl (C=O) groups excluding carboxylic acids is 1. The molecule has 1 atom stereocenters. The Labute approximate surface area is 127 Å². The molecule has 1 saturated heterocycles. The molecule has 1 aliphatic heterocycles. The highest BCUT2D eigenvalue weighted by atomic mass is 35.5. The van der Waals surface area contributed by atoms with Gasteiger partial charge in [0, 0.05) is 6.42 Å². The number of halogens is 1. The first-order valence-electron chi connectivity index (χ1n) is 6.30. The molecular weight excluding hydrogens is 318 g/mol. The lowest BCUT2D eigenvalue weighted by molar-refractivity contribution is -0.116. The number of carbonyl (C=O) groups is 2. The van der Waals surface area contributed by atoms with Gasteiger partial charge in [-0.25, -0.2) is 13.2 Å². The zero-order chi connectivity index (χ0) is 15.6. The molecule has 1 aromatic carbocycles. The molecule has 0 saturated carbocycles. The van der Waals surface area contributed by atoms with Gasteiger partial charge in [-0.2, -0.15) is 0 Å². The molecule has 6 nitrogen and oxygen atoms in total. The van der Waals surface area contributed by atoms with Crippen LogP contribution in [0.15, 0.2) is 18.2 Å². The molecule has 1 amide bonds. The molecule has 1 aliphatic rings. The van der Waals surface area contributed by atoms with Crippen LogP contribution in [-0.2, 0) is 14.6 Å². The van der Waals surface area contributed by atoms with Crippen LogP contribution in [0, 0.1) is 5.92 Å². The number of rotatable bonds is 4. The second kappa shape index (κ2) is 6.03. The first kappa shape index (κ1) is 15.8. The first-order valence-corrected chi connectivity index (χ1v) is 8.50. The van der Waals surface area contributed by atoms with Crippen molar-refractivity contribution in [1.82, 2.24) is 0 Å². The van der Waals surface area contributed by atoms with Crippen LogP contribution in [-0.4, -0.2) is 36.9 Å². The van der Waals surface area contributed by atoms with Gasteiger partial charge < -0.3 is 10.4 Å². The summed E-state index contributed by atoms with van der Waals surface area (Å²) in [6.07, 6.45) is 0.595. The lowest BCUT2D eigenvalue weighted by Gasteiger charge is -2.10. The molecular formula is C13H14ClNO5S. The van der Waals surface area contributed by atoms with Gasteiger partial charge in [0.1, 0.15) is 0 Å². The number of hydrogen-bond acceptors (Lipinski definition) is 4. The largest absolute Gasteiger partial charge is 0.478 e. The van der Waals surface area contributed by atoms with Crippen molar-refractivity contribution in [3.63, 3.8) is 0 Å². The minimum absolute atomic E-state index is 0.0277. The summed E-state index contributed by atoms with van der Waals surface area (Å²) in [5, 5.41) is 11.5. The molecule has 0 aromatic heterocycles. The van der Waals surface area contributed by atoms with Gasteiger partial charge in [-0.3, -0.25) is 4.79 Å². The quantitative estimate of drug-likeness (QED) is 0.876. The molecule has 21 heavy (non-hydrogen) atoms. The fourth-order valence-corrected chi connectivity index (χ4v) is 4.34. The maximum absolute atomic E-state index is 11.9. The second-order valence-electron chi connectivity index (χ2n) is 5.02. The molecule has 2 rings (SSSR count). The van der Waals surface area contributed by atoms with Crippen molar-refractivity contribution >= 4 is 39.0 Å². The van der Waals surface area contributed by atoms with E-state index >= 15 is 0 Å². The smallest absolute Gasteiger partial charge is 0.335 e. The zero-order valence-corrected chi connectivity index (χ0v) is 12.6. The van der Waals surface area contributed by atoms with E-state index in [0.717, 1.165) is 0 Å². The second-order valence-corrected chi connectivity index (χ2v) is 7.66. The van der Waals surface area contributed by atoms with Gasteiger partial charge >= 0.3 is 5.97 Å². The highest BCUT2D eigenvalue weighted by Crippen LogP contribution is 2.25. The summed E-state index contributed by atoms with van der Waals surface area (Å²) in [4.78, 5) is 22.6. The minimum Gasteiger partial charge on any atom is -0.478 e. The normalized spacial score (nSPS) is 20.1. The van der Waals surface area contributed by atoms with Crippen LogP contribution in [0.5, 0.6) is 0 Å². The minimum atomic E-state index is -3.01. The Kier molecular flexibility index (Phi) is 4.53. The van der Waals surface area contributed by atoms with Crippen molar-refractivity contribution < 1.29 is 23.1 Å². The van der Waals surface area contributed by atoms with Crippen molar-refractivity contribution in [1.29, 1.82) is 0 Å². The summed E-state index contributed by atoms with van der Waals surface area (Å²) in [5.74, 6) is -1.45. The summed E-state index contributed by atoms with van der Waals surface area (Å²) >= 11 is 5.91. The summed E-state index contributed by atoms with van der Waals surface area (Å²) in [5.41, 5.74) is 0.340. The van der Waals surface area contributed by atoms with E-state index in [-0.39, 0.29) is 40.3 Å². The average molecular weight is 332 g/mol. The van der Waals surface area contributed by atoms with Crippen LogP contribution < -0.4 is 5.32 Å². The average Bonchev–Trinajstić information content (AvgIpc) is 2.70. The van der Waals surface area contributed by atoms with E-state index in [2.05, 4.69) is 5.32 Å². The molecule has 0 aliphatic carbocycles. The molecule has 1 fully saturated rings. The number of amides is 1. The van der Waals surface area contributed by atoms with Crippen molar-refractivity contribution in [3.05, 3.63) is 28.8 Å². The van der Waals surface area contributed by atoms with Gasteiger partial charge in [-0.15, -0.1) is 0 Å². The molecule has 8 heteroatoms. The van der Waals surface area contributed by atoms with Crippen LogP contribution >= 0.6 is 11.6 Å². The molecule has 0 spiro atoms. The number of benzene rings is 1. The van der Waals surface area contributed by atoms with Gasteiger partial charge in [-0.1, -0.05) is 11.6 Å². The van der Waals surface area contributed by atoms with Crippen LogP contribution in [0.4, 0.5) is 5.69 Å². The van der Waals surface area contributed by atoms with E-state index in [9.17, 15) is 18.0 Å². The van der Waals surface area contributed by atoms with Gasteiger partial charge in [0.05, 0.1) is 27.8 Å². The van der Waals surface area contributed by atoms with Crippen LogP contribution in [0.3, 0.4) is 0 Å². The van der Waals surface area contributed by atoms with Crippen LogP contribution in [0.25, 0.3) is 0 Å². The van der Waals surface area contributed by atoms with E-state index in [1.54, 1.807) is 0 Å². The summed E-state index contributed by atoms with van der Waals surface area (Å²) in [7, 11) is -3.01. The number of carboxylic acid groups (broad SMARTS) is 1. The highest BCUT2D eigenvalue weighted by molar-refractivity contribution is 7.91. The molecule has 1 aromatic rings. The van der Waals surface area contributed by atoms with E-state index in [4.69, 9.17) is 16.7 Å². The monoisotopic (exact) mass is 331 g/mol. The Balaban J connectivity index is 1.98. The standard InChI is InChI=1S/C13H14ClNO5S/c14-10-6-9(13(17)18)1-2-11(10)15-12(16)5-8-3-4-21(19,20)7-8/h1-2,6,8H,3-5,7H2,(H,15,16)(H,17,18). The maximum atomic E-state index is 11.9. The SMILES string of the molecule is O=C(CC1CCS(=O)(=O)C1)Nc1ccc(C(=O)O)cc1Cl. The Morgan fingerprint density at radius 3 is 2.62 bits per heavy atom. The number of hydrogen-bond donors (Lipinski definition) is 2. The third-order valence-corrected chi connectivity index (χ3v) is 5.44. The van der Waals surface area contributed by atoms with Crippen LogP contribution in [0.1, 0.15) is 23.2 Å². The molecule has 114 valence electrons. The molecule has 1 heterocycles. The van der Waals surface area contributed by atoms with E-state index in [1.807, 2.05) is 0 Å². The number of aromatic carboxylic acids is 1. The summed E-state index contributed by atoms with van der Waals surface area (Å²) in [6, 6.07) is 4.00. The van der Waals surface area contributed by atoms with Crippen molar-refractivity contribution in [2.75, 3.05) is 16.8 Å². The fourth-order valence-electron chi connectivity index (χ4n) is 2.25. The first-order chi connectivity index (χ1) is 9.77. The topological polar surface area (TPSA) is 101 Å². The zero-order valence-electron chi connectivity index (χ0n) is 11.0. The molecule has 0 bridgehead atoms. The lowest BCUT2D eigenvalue weighted by atomic mass is 10.0. The fraction of sp³-hybridized carbons (Fsp3) is 0.385. The van der Waals surface area contributed by atoms with Gasteiger partial charge in [0.25, 0.3) is 0 Å². The van der Waals surface area contributed by atoms with Crippen LogP contribution in [0.2, 0.25) is 5.02 Å². The summed E-state index contributed by atoms with van der Waals surface area (Å²) in [6.45, 7) is 0. The number of sulfone groups is 1. The Morgan fingerprint density at radius 1 is 1.38 bits per heavy atom. The number of anilines is 1. The van der Waals surface area contributed by atoms with Crippen molar-refractivity contribution in [2.24, 2.45) is 5.92 Å². The molecule has 2 N–H and O–H groups in total. The third kappa shape index (κ3) is 4.18. The van der Waals surface area contributed by atoms with E-state index < -0.39 is 15.8 Å². The summed E-state index contributed by atoms with van der Waals surface area (Å²) < 4.78 is 22.7. The number of carboxylic acids is 1. The predicted octanol–water partition coefficient (Wildman–Crippen LogP) is 1.80. The van der Waals surface area contributed by atoms with E-state index in [1.165, 1.54) is 18.2 Å². The highest BCUT2D eigenvalue weighted by Gasteiger charge is 2.29. The Morgan fingerprint density at radius 2 is 2.10 bits per heavy atom. The maximum Gasteiger partial charge on any atom is 0.335 e. The van der Waals surface area contributed by atoms with E-state index in [0.29, 0.717) is 12.1 Å². The third-order valence-electron chi connectivity index (χ3n) is 3.29. The molecule has 1 unspecified atom stereocenters. The lowest BCUT2D eigenvalue weighted by Crippen LogP contribution is -2.17. The Bertz CT molecular complexity index is 686. The predicted molar refractivity (Wildman–Crippen MR) is 78.4 cm³/mol. The van der Waals surface area contributed by atoms with Gasteiger partial charge in [0.2, 0.25) is 5.91 Å². The van der Waals surface area contributed by atoms with Gasteiger partial charge in [0.15, 0.2) is 9.84 Å². The van der Waals surface area contributed by atoms with Crippen molar-refractivity contribution in [2.45, 2.75) is 12.8 Å². The molecule has 0 radical (unpaired) electrons. The Hall–Kier alpha value is -1.60. The number of nitrogens with one attached hydrogen (secondary N) is 1. The van der Waals surface area contributed by atoms with Gasteiger partial charge in [-0.05, 0) is 30.5 Å².